The molecule has 0 radical (unpaired) electrons. The third kappa shape index (κ3) is 2.05. The van der Waals surface area contributed by atoms with Crippen LogP contribution in [0, 0.1) is 13.8 Å². The molecule has 3 rings (SSSR count). The maximum atomic E-state index is 6.21. The monoisotopic (exact) mass is 275 g/mol. The number of hydrogen-bond acceptors (Lipinski definition) is 3. The SMILES string of the molecule is Cc1ccc(C(N)c2oc3ccc(Cl)cc3c2C)o1. The molecule has 0 aliphatic rings. The Hall–Kier alpha value is -1.71. The fraction of sp³-hybridized carbons (Fsp3) is 0.200. The maximum Gasteiger partial charge on any atom is 0.134 e. The van der Waals surface area contributed by atoms with Gasteiger partial charge in [0.2, 0.25) is 0 Å². The van der Waals surface area contributed by atoms with Crippen molar-refractivity contribution in [3.63, 3.8) is 0 Å². The predicted molar refractivity (Wildman–Crippen MR) is 75.4 cm³/mol. The van der Waals surface area contributed by atoms with Gasteiger partial charge in [-0.2, -0.15) is 0 Å². The van der Waals surface area contributed by atoms with Crippen molar-refractivity contribution in [2.24, 2.45) is 5.73 Å². The highest BCUT2D eigenvalue weighted by molar-refractivity contribution is 6.31. The van der Waals surface area contributed by atoms with E-state index in [1.807, 2.05) is 38.1 Å². The summed E-state index contributed by atoms with van der Waals surface area (Å²) in [4.78, 5) is 0. The van der Waals surface area contributed by atoms with Crippen LogP contribution >= 0.6 is 11.6 Å². The molecule has 98 valence electrons. The molecule has 2 aromatic heterocycles. The van der Waals surface area contributed by atoms with Crippen molar-refractivity contribution < 1.29 is 8.83 Å². The van der Waals surface area contributed by atoms with E-state index in [1.54, 1.807) is 6.07 Å². The lowest BCUT2D eigenvalue weighted by Crippen LogP contribution is -2.11. The van der Waals surface area contributed by atoms with Crippen molar-refractivity contribution >= 4 is 22.6 Å². The summed E-state index contributed by atoms with van der Waals surface area (Å²) < 4.78 is 11.4. The van der Waals surface area contributed by atoms with E-state index in [2.05, 4.69) is 0 Å². The Morgan fingerprint density at radius 1 is 1.11 bits per heavy atom. The van der Waals surface area contributed by atoms with Crippen molar-refractivity contribution in [2.45, 2.75) is 19.9 Å². The van der Waals surface area contributed by atoms with Crippen LogP contribution in [0.25, 0.3) is 11.0 Å². The third-order valence-electron chi connectivity index (χ3n) is 3.29. The van der Waals surface area contributed by atoms with Crippen LogP contribution in [-0.4, -0.2) is 0 Å². The lowest BCUT2D eigenvalue weighted by atomic mass is 10.1. The average Bonchev–Trinajstić information content (AvgIpc) is 2.94. The molecule has 0 bridgehead atoms. The summed E-state index contributed by atoms with van der Waals surface area (Å²) in [7, 11) is 0. The molecule has 2 N–H and O–H groups in total. The molecule has 19 heavy (non-hydrogen) atoms. The van der Waals surface area contributed by atoms with E-state index in [4.69, 9.17) is 26.2 Å². The molecule has 1 unspecified atom stereocenters. The Balaban J connectivity index is 2.12. The number of aryl methyl sites for hydroxylation is 2. The minimum atomic E-state index is -0.403. The second-order valence-corrected chi connectivity index (χ2v) is 5.09. The van der Waals surface area contributed by atoms with Gasteiger partial charge in [-0.1, -0.05) is 11.6 Å². The highest BCUT2D eigenvalue weighted by atomic mass is 35.5. The van der Waals surface area contributed by atoms with Crippen LogP contribution < -0.4 is 5.73 Å². The van der Waals surface area contributed by atoms with E-state index in [-0.39, 0.29) is 0 Å². The number of furan rings is 2. The Bertz CT molecular complexity index is 742. The first-order valence-electron chi connectivity index (χ1n) is 6.06. The van der Waals surface area contributed by atoms with Crippen molar-refractivity contribution in [1.82, 2.24) is 0 Å². The second-order valence-electron chi connectivity index (χ2n) is 4.66. The standard InChI is InChI=1S/C15H14ClNO2/c1-8-3-5-13(18-8)14(17)15-9(2)11-7-10(16)4-6-12(11)19-15/h3-7,14H,17H2,1-2H3. The van der Waals surface area contributed by atoms with Gasteiger partial charge in [-0.3, -0.25) is 0 Å². The lowest BCUT2D eigenvalue weighted by Gasteiger charge is -2.06. The lowest BCUT2D eigenvalue weighted by molar-refractivity contribution is 0.430. The summed E-state index contributed by atoms with van der Waals surface area (Å²) in [6, 6.07) is 8.91. The zero-order valence-corrected chi connectivity index (χ0v) is 11.5. The summed E-state index contributed by atoms with van der Waals surface area (Å²) in [6.45, 7) is 3.87. The van der Waals surface area contributed by atoms with Gasteiger partial charge in [0, 0.05) is 16.0 Å². The smallest absolute Gasteiger partial charge is 0.134 e. The number of nitrogens with two attached hydrogens (primary N) is 1. The fourth-order valence-electron chi connectivity index (χ4n) is 2.26. The molecule has 4 heteroatoms. The minimum Gasteiger partial charge on any atom is -0.464 e. The quantitative estimate of drug-likeness (QED) is 0.757. The maximum absolute atomic E-state index is 6.21. The molecule has 0 amide bonds. The van der Waals surface area contributed by atoms with Gasteiger partial charge in [0.15, 0.2) is 0 Å². The number of fused-ring (bicyclic) bond motifs is 1. The molecule has 3 aromatic rings. The van der Waals surface area contributed by atoms with E-state index < -0.39 is 6.04 Å². The first kappa shape index (κ1) is 12.3. The highest BCUT2D eigenvalue weighted by Crippen LogP contribution is 2.33. The van der Waals surface area contributed by atoms with Crippen molar-refractivity contribution in [3.8, 4) is 0 Å². The molecule has 1 aromatic carbocycles. The first-order valence-corrected chi connectivity index (χ1v) is 6.44. The van der Waals surface area contributed by atoms with Crippen LogP contribution in [0.5, 0.6) is 0 Å². The highest BCUT2D eigenvalue weighted by Gasteiger charge is 2.21. The van der Waals surface area contributed by atoms with Crippen LogP contribution in [0.15, 0.2) is 39.2 Å². The first-order chi connectivity index (χ1) is 9.06. The van der Waals surface area contributed by atoms with Gasteiger partial charge in [-0.25, -0.2) is 0 Å². The van der Waals surface area contributed by atoms with Gasteiger partial charge in [0.25, 0.3) is 0 Å². The Morgan fingerprint density at radius 2 is 1.89 bits per heavy atom. The number of benzene rings is 1. The molecule has 0 fully saturated rings. The van der Waals surface area contributed by atoms with Crippen LogP contribution in [0.4, 0.5) is 0 Å². The van der Waals surface area contributed by atoms with Crippen LogP contribution in [0.1, 0.15) is 28.9 Å². The fourth-order valence-corrected chi connectivity index (χ4v) is 2.43. The van der Waals surface area contributed by atoms with Crippen LogP contribution in [0.3, 0.4) is 0 Å². The summed E-state index contributed by atoms with van der Waals surface area (Å²) in [5.74, 6) is 2.25. The Kier molecular flexibility index (Phi) is 2.88. The summed E-state index contributed by atoms with van der Waals surface area (Å²) in [6.07, 6.45) is 0. The zero-order valence-electron chi connectivity index (χ0n) is 10.7. The largest absolute Gasteiger partial charge is 0.464 e. The van der Waals surface area contributed by atoms with E-state index in [0.717, 1.165) is 22.3 Å². The van der Waals surface area contributed by atoms with Gasteiger partial charge in [-0.05, 0) is 44.2 Å². The molecule has 0 spiro atoms. The summed E-state index contributed by atoms with van der Waals surface area (Å²) in [5, 5.41) is 1.67. The molecular formula is C15H14ClNO2. The predicted octanol–water partition coefficient (Wildman–Crippen LogP) is 4.34. The summed E-state index contributed by atoms with van der Waals surface area (Å²) >= 11 is 6.01. The van der Waals surface area contributed by atoms with Crippen LogP contribution in [0.2, 0.25) is 5.02 Å². The normalized spacial score (nSPS) is 13.1. The van der Waals surface area contributed by atoms with Gasteiger partial charge in [0.1, 0.15) is 28.9 Å². The zero-order chi connectivity index (χ0) is 13.6. The van der Waals surface area contributed by atoms with Gasteiger partial charge in [0.05, 0.1) is 0 Å². The number of hydrogen-bond donors (Lipinski definition) is 1. The van der Waals surface area contributed by atoms with Crippen molar-refractivity contribution in [3.05, 3.63) is 58.2 Å². The molecule has 0 saturated carbocycles. The van der Waals surface area contributed by atoms with Crippen molar-refractivity contribution in [1.29, 1.82) is 0 Å². The Morgan fingerprint density at radius 3 is 2.58 bits per heavy atom. The van der Waals surface area contributed by atoms with E-state index in [1.165, 1.54) is 0 Å². The summed E-state index contributed by atoms with van der Waals surface area (Å²) in [5.41, 5.74) is 8.00. The second kappa shape index (κ2) is 4.44. The molecular weight excluding hydrogens is 262 g/mol. The van der Waals surface area contributed by atoms with Gasteiger partial charge >= 0.3 is 0 Å². The van der Waals surface area contributed by atoms with Crippen molar-refractivity contribution in [2.75, 3.05) is 0 Å². The number of rotatable bonds is 2. The Labute approximate surface area is 115 Å². The molecule has 3 nitrogen and oxygen atoms in total. The van der Waals surface area contributed by atoms with E-state index in [0.29, 0.717) is 16.5 Å². The van der Waals surface area contributed by atoms with Crippen LogP contribution in [-0.2, 0) is 0 Å². The molecule has 0 aliphatic heterocycles. The molecule has 1 atom stereocenters. The molecule has 2 heterocycles. The average molecular weight is 276 g/mol. The number of halogens is 1. The molecule has 0 saturated heterocycles. The molecule has 0 aliphatic carbocycles. The van der Waals surface area contributed by atoms with Gasteiger partial charge in [-0.15, -0.1) is 0 Å². The van der Waals surface area contributed by atoms with E-state index in [9.17, 15) is 0 Å². The van der Waals surface area contributed by atoms with E-state index >= 15 is 0 Å². The minimum absolute atomic E-state index is 0.403. The van der Waals surface area contributed by atoms with Gasteiger partial charge < -0.3 is 14.6 Å². The third-order valence-corrected chi connectivity index (χ3v) is 3.52. The topological polar surface area (TPSA) is 52.3 Å².